The van der Waals surface area contributed by atoms with Crippen LogP contribution in [0.5, 0.6) is 0 Å². The second-order valence-corrected chi connectivity index (χ2v) is 5.89. The molecule has 0 saturated heterocycles. The molecule has 1 aliphatic carbocycles. The van der Waals surface area contributed by atoms with Gasteiger partial charge in [-0.2, -0.15) is 0 Å². The summed E-state index contributed by atoms with van der Waals surface area (Å²) in [5.41, 5.74) is 0.971. The van der Waals surface area contributed by atoms with E-state index in [1.807, 2.05) is 30.4 Å². The highest BCUT2D eigenvalue weighted by Crippen LogP contribution is 2.25. The zero-order valence-electron chi connectivity index (χ0n) is 12.4. The van der Waals surface area contributed by atoms with E-state index >= 15 is 0 Å². The zero-order valence-corrected chi connectivity index (χ0v) is 12.4. The molecule has 112 valence electrons. The minimum atomic E-state index is -0.157. The van der Waals surface area contributed by atoms with Crippen molar-refractivity contribution in [3.63, 3.8) is 0 Å². The number of nitrogens with zero attached hydrogens (tertiary/aromatic N) is 2. The first-order valence-electron chi connectivity index (χ1n) is 7.95. The SMILES string of the molecule is O=C([C@@H]1C=CCN1)N(Cc1ccccn1)C1CCCCC1. The molecule has 4 heteroatoms. The summed E-state index contributed by atoms with van der Waals surface area (Å²) in [6, 6.07) is 6.11. The van der Waals surface area contributed by atoms with Gasteiger partial charge in [-0.15, -0.1) is 0 Å². The Morgan fingerprint density at radius 1 is 1.29 bits per heavy atom. The lowest BCUT2D eigenvalue weighted by Gasteiger charge is -2.35. The number of hydrogen-bond donors (Lipinski definition) is 1. The van der Waals surface area contributed by atoms with Gasteiger partial charge in [-0.3, -0.25) is 15.1 Å². The van der Waals surface area contributed by atoms with E-state index in [9.17, 15) is 4.79 Å². The van der Waals surface area contributed by atoms with E-state index < -0.39 is 0 Å². The Kier molecular flexibility index (Phi) is 4.65. The smallest absolute Gasteiger partial charge is 0.244 e. The lowest BCUT2D eigenvalue weighted by molar-refractivity contribution is -0.135. The summed E-state index contributed by atoms with van der Waals surface area (Å²) in [5, 5.41) is 3.24. The maximum absolute atomic E-state index is 12.8. The highest BCUT2D eigenvalue weighted by atomic mass is 16.2. The third-order valence-electron chi connectivity index (χ3n) is 4.41. The number of hydrogen-bond acceptors (Lipinski definition) is 3. The number of pyridine rings is 1. The molecule has 4 nitrogen and oxygen atoms in total. The Hall–Kier alpha value is -1.68. The van der Waals surface area contributed by atoms with Crippen LogP contribution >= 0.6 is 0 Å². The van der Waals surface area contributed by atoms with Gasteiger partial charge in [0.25, 0.3) is 0 Å². The van der Waals surface area contributed by atoms with Crippen molar-refractivity contribution >= 4 is 5.91 Å². The predicted octanol–water partition coefficient (Wildman–Crippen LogP) is 2.27. The molecule has 1 atom stereocenters. The van der Waals surface area contributed by atoms with E-state index in [0.717, 1.165) is 25.1 Å². The Balaban J connectivity index is 1.76. The Labute approximate surface area is 126 Å². The molecule has 3 rings (SSSR count). The van der Waals surface area contributed by atoms with Gasteiger partial charge in [0.2, 0.25) is 5.91 Å². The fourth-order valence-electron chi connectivity index (χ4n) is 3.26. The van der Waals surface area contributed by atoms with E-state index in [4.69, 9.17) is 0 Å². The molecule has 1 amide bonds. The zero-order chi connectivity index (χ0) is 14.5. The number of nitrogens with one attached hydrogen (secondary N) is 1. The number of aromatic nitrogens is 1. The monoisotopic (exact) mass is 285 g/mol. The normalized spacial score (nSPS) is 22.4. The quantitative estimate of drug-likeness (QED) is 0.863. The van der Waals surface area contributed by atoms with Crippen molar-refractivity contribution in [2.24, 2.45) is 0 Å². The van der Waals surface area contributed by atoms with Crippen LogP contribution in [0.4, 0.5) is 0 Å². The summed E-state index contributed by atoms with van der Waals surface area (Å²) in [6.45, 7) is 1.41. The maximum Gasteiger partial charge on any atom is 0.244 e. The lowest BCUT2D eigenvalue weighted by atomic mass is 9.93. The summed E-state index contributed by atoms with van der Waals surface area (Å²) in [7, 11) is 0. The first kappa shape index (κ1) is 14.3. The summed E-state index contributed by atoms with van der Waals surface area (Å²) < 4.78 is 0. The largest absolute Gasteiger partial charge is 0.332 e. The van der Waals surface area contributed by atoms with Crippen LogP contribution in [0, 0.1) is 0 Å². The van der Waals surface area contributed by atoms with Crippen molar-refractivity contribution in [3.05, 3.63) is 42.2 Å². The third kappa shape index (κ3) is 3.50. The fraction of sp³-hybridized carbons (Fsp3) is 0.529. The number of amides is 1. The molecular formula is C17H23N3O. The molecule has 21 heavy (non-hydrogen) atoms. The van der Waals surface area contributed by atoms with Gasteiger partial charge in [0.05, 0.1) is 12.2 Å². The van der Waals surface area contributed by atoms with Crippen molar-refractivity contribution in [1.29, 1.82) is 0 Å². The number of carbonyl (C=O) groups is 1. The van der Waals surface area contributed by atoms with Crippen LogP contribution in [0.15, 0.2) is 36.5 Å². The lowest BCUT2D eigenvalue weighted by Crippen LogP contribution is -2.48. The van der Waals surface area contributed by atoms with Gasteiger partial charge in [0, 0.05) is 18.8 Å². The summed E-state index contributed by atoms with van der Waals surface area (Å²) in [5.74, 6) is 0.196. The molecular weight excluding hydrogens is 262 g/mol. The Morgan fingerprint density at radius 2 is 2.14 bits per heavy atom. The summed E-state index contributed by atoms with van der Waals surface area (Å²) >= 11 is 0. The molecule has 1 fully saturated rings. The molecule has 1 aliphatic heterocycles. The molecule has 0 radical (unpaired) electrons. The molecule has 0 aromatic carbocycles. The van der Waals surface area contributed by atoms with Crippen LogP contribution in [0.1, 0.15) is 37.8 Å². The van der Waals surface area contributed by atoms with Gasteiger partial charge in [0.1, 0.15) is 6.04 Å². The molecule has 1 aromatic rings. The maximum atomic E-state index is 12.8. The number of rotatable bonds is 4. The van der Waals surface area contributed by atoms with Gasteiger partial charge in [-0.1, -0.05) is 37.5 Å². The van der Waals surface area contributed by atoms with Crippen molar-refractivity contribution in [3.8, 4) is 0 Å². The average molecular weight is 285 g/mol. The minimum Gasteiger partial charge on any atom is -0.332 e. The van der Waals surface area contributed by atoms with Crippen LogP contribution in [0.25, 0.3) is 0 Å². The van der Waals surface area contributed by atoms with Crippen LogP contribution in [0.2, 0.25) is 0 Å². The highest BCUT2D eigenvalue weighted by Gasteiger charge is 2.30. The molecule has 2 aliphatic rings. The molecule has 1 saturated carbocycles. The summed E-state index contributed by atoms with van der Waals surface area (Å²) in [4.78, 5) is 19.3. The first-order valence-corrected chi connectivity index (χ1v) is 7.95. The molecule has 0 spiro atoms. The average Bonchev–Trinajstić information content (AvgIpc) is 3.08. The minimum absolute atomic E-state index is 0.157. The number of carbonyl (C=O) groups excluding carboxylic acids is 1. The molecule has 0 unspecified atom stereocenters. The van der Waals surface area contributed by atoms with E-state index in [0.29, 0.717) is 12.6 Å². The second-order valence-electron chi connectivity index (χ2n) is 5.89. The Morgan fingerprint density at radius 3 is 2.81 bits per heavy atom. The second kappa shape index (κ2) is 6.85. The van der Waals surface area contributed by atoms with Crippen LogP contribution in [0.3, 0.4) is 0 Å². The van der Waals surface area contributed by atoms with E-state index in [2.05, 4.69) is 15.2 Å². The predicted molar refractivity (Wildman–Crippen MR) is 82.6 cm³/mol. The van der Waals surface area contributed by atoms with Crippen molar-refractivity contribution in [2.45, 2.75) is 50.7 Å². The van der Waals surface area contributed by atoms with Gasteiger partial charge < -0.3 is 4.90 Å². The topological polar surface area (TPSA) is 45.2 Å². The Bertz CT molecular complexity index is 494. The van der Waals surface area contributed by atoms with Crippen LogP contribution in [-0.2, 0) is 11.3 Å². The molecule has 1 aromatic heterocycles. The standard InChI is InChI=1S/C17H23N3O/c21-17(16-10-6-12-19-16)20(15-8-2-1-3-9-15)13-14-7-4-5-11-18-14/h4-7,10-11,15-16,19H,1-3,8-9,12-13H2/t16-/m0/s1. The van der Waals surface area contributed by atoms with Gasteiger partial charge in [-0.25, -0.2) is 0 Å². The fourth-order valence-corrected chi connectivity index (χ4v) is 3.26. The molecule has 1 N–H and O–H groups in total. The molecule has 2 heterocycles. The third-order valence-corrected chi connectivity index (χ3v) is 4.41. The van der Waals surface area contributed by atoms with Gasteiger partial charge in [-0.05, 0) is 25.0 Å². The van der Waals surface area contributed by atoms with Crippen molar-refractivity contribution in [2.75, 3.05) is 6.54 Å². The van der Waals surface area contributed by atoms with Gasteiger partial charge >= 0.3 is 0 Å². The first-order chi connectivity index (χ1) is 10.3. The highest BCUT2D eigenvalue weighted by molar-refractivity contribution is 5.84. The molecule has 0 bridgehead atoms. The van der Waals surface area contributed by atoms with E-state index in [1.165, 1.54) is 19.3 Å². The summed E-state index contributed by atoms with van der Waals surface area (Å²) in [6.07, 6.45) is 11.8. The van der Waals surface area contributed by atoms with Gasteiger partial charge in [0.15, 0.2) is 0 Å². The van der Waals surface area contributed by atoms with E-state index in [-0.39, 0.29) is 11.9 Å². The van der Waals surface area contributed by atoms with Crippen molar-refractivity contribution in [1.82, 2.24) is 15.2 Å². The van der Waals surface area contributed by atoms with Crippen LogP contribution < -0.4 is 5.32 Å². The van der Waals surface area contributed by atoms with Crippen molar-refractivity contribution < 1.29 is 4.79 Å². The van der Waals surface area contributed by atoms with E-state index in [1.54, 1.807) is 6.20 Å². The van der Waals surface area contributed by atoms with Crippen LogP contribution in [-0.4, -0.2) is 34.4 Å².